The second-order valence-corrected chi connectivity index (χ2v) is 10.8. The number of nitrogens with one attached hydrogen (secondary N) is 2. The number of hydrogen-bond donors (Lipinski definition) is 2. The van der Waals surface area contributed by atoms with Gasteiger partial charge in [0.05, 0.1) is 11.4 Å². The van der Waals surface area contributed by atoms with E-state index in [0.717, 1.165) is 60.6 Å². The van der Waals surface area contributed by atoms with Crippen LogP contribution < -0.4 is 14.8 Å². The highest BCUT2D eigenvalue weighted by molar-refractivity contribution is 7.92. The van der Waals surface area contributed by atoms with Crippen molar-refractivity contribution in [3.05, 3.63) is 71.1 Å². The molecular formula is C26H29F2N3O3S. The van der Waals surface area contributed by atoms with Gasteiger partial charge >= 0.3 is 0 Å². The van der Waals surface area contributed by atoms with Crippen molar-refractivity contribution in [1.29, 1.82) is 0 Å². The molecule has 0 aliphatic carbocycles. The van der Waals surface area contributed by atoms with Gasteiger partial charge in [-0.05, 0) is 100 Å². The van der Waals surface area contributed by atoms with Crippen molar-refractivity contribution in [2.24, 2.45) is 0 Å². The van der Waals surface area contributed by atoms with Crippen molar-refractivity contribution in [3.8, 4) is 22.6 Å². The number of benzene rings is 2. The number of pyridine rings is 1. The molecule has 0 saturated carbocycles. The van der Waals surface area contributed by atoms with Gasteiger partial charge in [0.25, 0.3) is 0 Å². The fourth-order valence-electron chi connectivity index (χ4n) is 4.37. The molecule has 1 aliphatic heterocycles. The Bertz CT molecular complexity index is 1320. The smallest absolute Gasteiger partial charge is 0.232 e. The third-order valence-corrected chi connectivity index (χ3v) is 7.37. The number of aromatic nitrogens is 1. The van der Waals surface area contributed by atoms with Gasteiger partial charge in [0, 0.05) is 23.0 Å². The van der Waals surface area contributed by atoms with Gasteiger partial charge in [0.2, 0.25) is 10.0 Å². The normalized spacial score (nSPS) is 14.7. The third-order valence-electron chi connectivity index (χ3n) is 6.08. The first-order chi connectivity index (χ1) is 16.6. The molecule has 3 aromatic rings. The van der Waals surface area contributed by atoms with Crippen LogP contribution in [0.15, 0.2) is 42.5 Å². The lowest BCUT2D eigenvalue weighted by Gasteiger charge is -2.27. The van der Waals surface area contributed by atoms with Crippen molar-refractivity contribution in [1.82, 2.24) is 10.3 Å². The molecule has 0 atom stereocenters. The van der Waals surface area contributed by atoms with Crippen molar-refractivity contribution in [2.45, 2.75) is 39.5 Å². The maximum Gasteiger partial charge on any atom is 0.232 e. The Morgan fingerprint density at radius 1 is 1.03 bits per heavy atom. The van der Waals surface area contributed by atoms with Crippen molar-refractivity contribution >= 4 is 15.7 Å². The Morgan fingerprint density at radius 3 is 2.34 bits per heavy atom. The predicted molar refractivity (Wildman–Crippen MR) is 134 cm³/mol. The number of hydrogen-bond acceptors (Lipinski definition) is 5. The van der Waals surface area contributed by atoms with E-state index in [1.165, 1.54) is 6.07 Å². The Morgan fingerprint density at radius 2 is 1.71 bits per heavy atom. The molecule has 0 unspecified atom stereocenters. The summed E-state index contributed by atoms with van der Waals surface area (Å²) >= 11 is 0. The highest BCUT2D eigenvalue weighted by Gasteiger charge is 2.24. The Labute approximate surface area is 204 Å². The van der Waals surface area contributed by atoms with Gasteiger partial charge in [-0.3, -0.25) is 9.71 Å². The van der Waals surface area contributed by atoms with E-state index in [1.54, 1.807) is 19.1 Å². The molecule has 1 saturated heterocycles. The molecule has 0 radical (unpaired) electrons. The van der Waals surface area contributed by atoms with Crippen LogP contribution in [0, 0.1) is 25.5 Å². The molecule has 9 heteroatoms. The lowest BCUT2D eigenvalue weighted by atomic mass is 9.87. The first kappa shape index (κ1) is 25.1. The van der Waals surface area contributed by atoms with Gasteiger partial charge in [-0.15, -0.1) is 0 Å². The Balaban J connectivity index is 1.93. The van der Waals surface area contributed by atoms with Crippen LogP contribution in [0.5, 0.6) is 11.5 Å². The molecule has 1 fully saturated rings. The van der Waals surface area contributed by atoms with E-state index >= 15 is 0 Å². The summed E-state index contributed by atoms with van der Waals surface area (Å²) in [6.45, 7) is 6.91. The van der Waals surface area contributed by atoms with E-state index in [2.05, 4.69) is 15.0 Å². The monoisotopic (exact) mass is 501 g/mol. The van der Waals surface area contributed by atoms with Gasteiger partial charge in [0.15, 0.2) is 11.6 Å². The summed E-state index contributed by atoms with van der Waals surface area (Å²) in [6.07, 6.45) is 1.63. The highest BCUT2D eigenvalue weighted by Crippen LogP contribution is 2.43. The van der Waals surface area contributed by atoms with Crippen LogP contribution in [0.2, 0.25) is 0 Å². The van der Waals surface area contributed by atoms with Crippen molar-refractivity contribution in [3.63, 3.8) is 0 Å². The summed E-state index contributed by atoms with van der Waals surface area (Å²) in [5.41, 5.74) is 4.14. The summed E-state index contributed by atoms with van der Waals surface area (Å²) in [7, 11) is -3.55. The van der Waals surface area contributed by atoms with E-state index in [4.69, 9.17) is 4.74 Å². The van der Waals surface area contributed by atoms with Crippen molar-refractivity contribution in [2.75, 3.05) is 23.6 Å². The van der Waals surface area contributed by atoms with Crippen LogP contribution in [0.25, 0.3) is 11.1 Å². The standard InChI is InChI=1S/C26H29F2N3O3S/c1-4-35(32,33)31-24-14-22(19-11-16(2)30-17(3)12-19)26(15-21(24)18-7-9-29-10-8-18)34-25-6-5-20(27)13-23(25)28/h5-6,11-15,18,29,31H,4,7-10H2,1-3H3. The van der Waals surface area contributed by atoms with E-state index in [-0.39, 0.29) is 17.4 Å². The molecule has 2 heterocycles. The largest absolute Gasteiger partial charge is 0.454 e. The minimum absolute atomic E-state index is 0.0689. The predicted octanol–water partition coefficient (Wildman–Crippen LogP) is 5.66. The molecule has 0 amide bonds. The van der Waals surface area contributed by atoms with Gasteiger partial charge in [0.1, 0.15) is 11.6 Å². The quantitative estimate of drug-likeness (QED) is 0.436. The van der Waals surface area contributed by atoms with E-state index in [9.17, 15) is 17.2 Å². The number of sulfonamides is 1. The molecule has 186 valence electrons. The topological polar surface area (TPSA) is 80.3 Å². The molecule has 6 nitrogen and oxygen atoms in total. The molecule has 2 aromatic carbocycles. The van der Waals surface area contributed by atoms with Crippen LogP contribution in [-0.4, -0.2) is 32.2 Å². The zero-order chi connectivity index (χ0) is 25.2. The summed E-state index contributed by atoms with van der Waals surface area (Å²) in [6, 6.07) is 10.4. The average molecular weight is 502 g/mol. The number of piperidine rings is 1. The van der Waals surface area contributed by atoms with Crippen LogP contribution in [0.1, 0.15) is 42.6 Å². The summed E-state index contributed by atoms with van der Waals surface area (Å²) in [5.74, 6) is -1.27. The Kier molecular flexibility index (Phi) is 7.37. The summed E-state index contributed by atoms with van der Waals surface area (Å²) in [4.78, 5) is 4.42. The van der Waals surface area contributed by atoms with Gasteiger partial charge in [-0.25, -0.2) is 17.2 Å². The minimum Gasteiger partial charge on any atom is -0.454 e. The van der Waals surface area contributed by atoms with E-state index < -0.39 is 21.7 Å². The zero-order valence-corrected chi connectivity index (χ0v) is 20.8. The van der Waals surface area contributed by atoms with Gasteiger partial charge in [-0.1, -0.05) is 0 Å². The first-order valence-corrected chi connectivity index (χ1v) is 13.3. The number of rotatable bonds is 7. The molecule has 0 spiro atoms. The molecule has 1 aromatic heterocycles. The fourth-order valence-corrected chi connectivity index (χ4v) is 5.03. The molecule has 35 heavy (non-hydrogen) atoms. The molecule has 0 bridgehead atoms. The first-order valence-electron chi connectivity index (χ1n) is 11.6. The molecule has 1 aliphatic rings. The second kappa shape index (κ2) is 10.3. The van der Waals surface area contributed by atoms with Crippen LogP contribution in [0.4, 0.5) is 14.5 Å². The van der Waals surface area contributed by atoms with Crippen molar-refractivity contribution < 1.29 is 21.9 Å². The second-order valence-electron chi connectivity index (χ2n) is 8.78. The van der Waals surface area contributed by atoms with Crippen LogP contribution in [-0.2, 0) is 10.0 Å². The van der Waals surface area contributed by atoms with Gasteiger partial charge < -0.3 is 10.1 Å². The Hall–Kier alpha value is -3.04. The SMILES string of the molecule is CCS(=O)(=O)Nc1cc(-c2cc(C)nc(C)c2)c(Oc2ccc(F)cc2F)cc1C1CCNCC1. The highest BCUT2D eigenvalue weighted by atomic mass is 32.2. The third kappa shape index (κ3) is 5.97. The zero-order valence-electron chi connectivity index (χ0n) is 20.0. The number of aryl methyl sites for hydroxylation is 2. The number of nitrogens with zero attached hydrogens (tertiary/aromatic N) is 1. The number of anilines is 1. The van der Waals surface area contributed by atoms with Crippen LogP contribution in [0.3, 0.4) is 0 Å². The average Bonchev–Trinajstić information content (AvgIpc) is 2.81. The molecule has 2 N–H and O–H groups in total. The maximum atomic E-state index is 14.5. The minimum atomic E-state index is -3.55. The molecule has 4 rings (SSSR count). The number of halogens is 2. The van der Waals surface area contributed by atoms with E-state index in [0.29, 0.717) is 17.0 Å². The molecular weight excluding hydrogens is 472 g/mol. The van der Waals surface area contributed by atoms with Gasteiger partial charge in [-0.2, -0.15) is 0 Å². The summed E-state index contributed by atoms with van der Waals surface area (Å²) < 4.78 is 61.9. The fraction of sp³-hybridized carbons (Fsp3) is 0.346. The van der Waals surface area contributed by atoms with E-state index in [1.807, 2.05) is 26.0 Å². The lowest BCUT2D eigenvalue weighted by molar-refractivity contribution is 0.434. The maximum absolute atomic E-state index is 14.5. The lowest BCUT2D eigenvalue weighted by Crippen LogP contribution is -2.27. The number of ether oxygens (including phenoxy) is 1. The summed E-state index contributed by atoms with van der Waals surface area (Å²) in [5, 5.41) is 3.32. The van der Waals surface area contributed by atoms with Crippen LogP contribution >= 0.6 is 0 Å².